The van der Waals surface area contributed by atoms with E-state index in [1.165, 1.54) is 4.90 Å². The van der Waals surface area contributed by atoms with Crippen LogP contribution in [0.4, 0.5) is 0 Å². The van der Waals surface area contributed by atoms with Gasteiger partial charge in [0.25, 0.3) is 11.7 Å². The molecule has 180 valence electrons. The summed E-state index contributed by atoms with van der Waals surface area (Å²) in [5, 5.41) is 11.3. The van der Waals surface area contributed by atoms with Gasteiger partial charge in [-0.05, 0) is 60.7 Å². The van der Waals surface area contributed by atoms with Crippen LogP contribution in [0.5, 0.6) is 5.75 Å². The molecule has 2 aromatic carbocycles. The number of ether oxygens (including phenoxy) is 1. The molecule has 1 N–H and O–H groups in total. The summed E-state index contributed by atoms with van der Waals surface area (Å²) in [5.74, 6) is -0.430. The molecule has 0 saturated carbocycles. The van der Waals surface area contributed by atoms with Gasteiger partial charge in [0, 0.05) is 24.5 Å². The molecule has 0 spiro atoms. The van der Waals surface area contributed by atoms with Crippen molar-refractivity contribution in [3.63, 3.8) is 0 Å². The van der Waals surface area contributed by atoms with Gasteiger partial charge in [0.05, 0.1) is 18.2 Å². The average molecular weight is 471 g/mol. The van der Waals surface area contributed by atoms with Crippen LogP contribution in [0.1, 0.15) is 47.7 Å². The van der Waals surface area contributed by atoms with Crippen molar-refractivity contribution < 1.29 is 19.4 Å². The predicted molar refractivity (Wildman–Crippen MR) is 135 cm³/mol. The van der Waals surface area contributed by atoms with Crippen molar-refractivity contribution in [1.29, 1.82) is 0 Å². The van der Waals surface area contributed by atoms with Crippen LogP contribution in [-0.2, 0) is 16.1 Å². The number of rotatable bonds is 7. The Kier molecular flexibility index (Phi) is 7.01. The third kappa shape index (κ3) is 5.11. The number of hydrogen-bond acceptors (Lipinski definition) is 5. The molecule has 3 aromatic rings. The molecule has 0 unspecified atom stereocenters. The molecule has 4 rings (SSSR count). The SMILES string of the molecule is Cc1ccc([C@@H]2/C(=C(\O)c3ccc(OCC(C)C)c(C)c3)C(=O)C(=O)N2Cc2cccnc2)cc1. The summed E-state index contributed by atoms with van der Waals surface area (Å²) in [7, 11) is 0. The van der Waals surface area contributed by atoms with E-state index >= 15 is 0 Å². The van der Waals surface area contributed by atoms with Gasteiger partial charge < -0.3 is 14.7 Å². The van der Waals surface area contributed by atoms with E-state index in [2.05, 4.69) is 18.8 Å². The highest BCUT2D eigenvalue weighted by atomic mass is 16.5. The summed E-state index contributed by atoms with van der Waals surface area (Å²) in [4.78, 5) is 32.1. The summed E-state index contributed by atoms with van der Waals surface area (Å²) in [6, 6.07) is 15.9. The maximum absolute atomic E-state index is 13.3. The first-order valence-corrected chi connectivity index (χ1v) is 11.7. The largest absolute Gasteiger partial charge is 0.507 e. The lowest BCUT2D eigenvalue weighted by Crippen LogP contribution is -2.29. The van der Waals surface area contributed by atoms with Gasteiger partial charge in [-0.1, -0.05) is 49.7 Å². The minimum Gasteiger partial charge on any atom is -0.507 e. The van der Waals surface area contributed by atoms with E-state index in [-0.39, 0.29) is 17.9 Å². The van der Waals surface area contributed by atoms with Crippen molar-refractivity contribution in [2.45, 2.75) is 40.3 Å². The lowest BCUT2D eigenvalue weighted by atomic mass is 9.94. The molecule has 35 heavy (non-hydrogen) atoms. The molecule has 6 nitrogen and oxygen atoms in total. The minimum atomic E-state index is -0.715. The highest BCUT2D eigenvalue weighted by Crippen LogP contribution is 2.40. The van der Waals surface area contributed by atoms with E-state index in [1.807, 2.05) is 44.2 Å². The first kappa shape index (κ1) is 24.2. The van der Waals surface area contributed by atoms with Crippen LogP contribution in [0.15, 0.2) is 72.6 Å². The Hall–Kier alpha value is -3.93. The molecular weight excluding hydrogens is 440 g/mol. The number of aliphatic hydroxyl groups is 1. The van der Waals surface area contributed by atoms with Crippen LogP contribution in [0.2, 0.25) is 0 Å². The molecule has 1 atom stereocenters. The Morgan fingerprint density at radius 3 is 2.46 bits per heavy atom. The van der Waals surface area contributed by atoms with Gasteiger partial charge in [-0.25, -0.2) is 0 Å². The molecule has 0 bridgehead atoms. The zero-order valence-corrected chi connectivity index (χ0v) is 20.5. The number of nitrogens with zero attached hydrogens (tertiary/aromatic N) is 2. The normalized spacial score (nSPS) is 17.3. The van der Waals surface area contributed by atoms with Crippen LogP contribution < -0.4 is 4.74 Å². The molecule has 1 amide bonds. The monoisotopic (exact) mass is 470 g/mol. The predicted octanol–water partition coefficient (Wildman–Crippen LogP) is 5.36. The van der Waals surface area contributed by atoms with Crippen molar-refractivity contribution in [3.8, 4) is 5.75 Å². The fourth-order valence-electron chi connectivity index (χ4n) is 4.20. The molecular formula is C29H30N2O4. The van der Waals surface area contributed by atoms with Crippen molar-refractivity contribution >= 4 is 17.4 Å². The minimum absolute atomic E-state index is 0.0815. The number of amides is 1. The van der Waals surface area contributed by atoms with Gasteiger partial charge in [0.2, 0.25) is 0 Å². The molecule has 1 aliphatic rings. The second-order valence-corrected chi connectivity index (χ2v) is 9.38. The zero-order chi connectivity index (χ0) is 25.1. The Morgan fingerprint density at radius 1 is 1.09 bits per heavy atom. The smallest absolute Gasteiger partial charge is 0.295 e. The quantitative estimate of drug-likeness (QED) is 0.286. The van der Waals surface area contributed by atoms with E-state index in [0.29, 0.717) is 18.1 Å². The highest BCUT2D eigenvalue weighted by molar-refractivity contribution is 6.46. The summed E-state index contributed by atoms with van der Waals surface area (Å²) < 4.78 is 5.85. The van der Waals surface area contributed by atoms with E-state index in [1.54, 1.807) is 36.7 Å². The van der Waals surface area contributed by atoms with Gasteiger partial charge in [0.1, 0.15) is 11.5 Å². The number of aliphatic hydroxyl groups excluding tert-OH is 1. The highest BCUT2D eigenvalue weighted by Gasteiger charge is 2.46. The number of ketones is 1. The van der Waals surface area contributed by atoms with E-state index in [4.69, 9.17) is 4.74 Å². The summed E-state index contributed by atoms with van der Waals surface area (Å²) in [6.07, 6.45) is 3.33. The van der Waals surface area contributed by atoms with Crippen molar-refractivity contribution in [2.75, 3.05) is 6.61 Å². The van der Waals surface area contributed by atoms with Gasteiger partial charge in [-0.15, -0.1) is 0 Å². The van der Waals surface area contributed by atoms with Gasteiger partial charge in [-0.2, -0.15) is 0 Å². The van der Waals surface area contributed by atoms with E-state index in [0.717, 1.165) is 28.0 Å². The van der Waals surface area contributed by atoms with Gasteiger partial charge >= 0.3 is 0 Å². The molecule has 1 saturated heterocycles. The lowest BCUT2D eigenvalue weighted by Gasteiger charge is -2.25. The number of benzene rings is 2. The molecule has 0 radical (unpaired) electrons. The molecule has 1 fully saturated rings. The number of Topliss-reactive ketones (excluding diaryl/α,β-unsaturated/α-hetero) is 1. The van der Waals surface area contributed by atoms with Crippen LogP contribution in [0, 0.1) is 19.8 Å². The topological polar surface area (TPSA) is 79.7 Å². The number of pyridine rings is 1. The number of hydrogen-bond donors (Lipinski definition) is 1. The van der Waals surface area contributed by atoms with E-state index < -0.39 is 17.7 Å². The second kappa shape index (κ2) is 10.1. The number of aromatic nitrogens is 1. The maximum atomic E-state index is 13.3. The van der Waals surface area contributed by atoms with Crippen molar-refractivity contribution in [3.05, 3.63) is 100 Å². The Bertz CT molecular complexity index is 1260. The Balaban J connectivity index is 1.78. The van der Waals surface area contributed by atoms with Crippen LogP contribution in [0.3, 0.4) is 0 Å². The molecule has 1 aromatic heterocycles. The molecule has 6 heteroatoms. The molecule has 0 aliphatic carbocycles. The average Bonchev–Trinajstić information content (AvgIpc) is 3.09. The standard InChI is InChI=1S/C29H30N2O4/c1-18(2)17-35-24-12-11-23(14-20(24)4)27(32)25-26(22-9-7-19(3)8-10-22)31(29(34)28(25)33)16-21-6-5-13-30-15-21/h5-15,18,26,32H,16-17H2,1-4H3/b27-25+/t26-/m1/s1. The zero-order valence-electron chi connectivity index (χ0n) is 20.5. The molecule has 2 heterocycles. The Morgan fingerprint density at radius 2 is 1.83 bits per heavy atom. The first-order valence-electron chi connectivity index (χ1n) is 11.7. The number of aryl methyl sites for hydroxylation is 2. The second-order valence-electron chi connectivity index (χ2n) is 9.38. The third-order valence-electron chi connectivity index (χ3n) is 6.03. The first-order chi connectivity index (χ1) is 16.8. The summed E-state index contributed by atoms with van der Waals surface area (Å²) in [5.41, 5.74) is 4.01. The van der Waals surface area contributed by atoms with E-state index in [9.17, 15) is 14.7 Å². The van der Waals surface area contributed by atoms with Crippen LogP contribution in [0.25, 0.3) is 5.76 Å². The fraction of sp³-hybridized carbons (Fsp3) is 0.276. The summed E-state index contributed by atoms with van der Waals surface area (Å²) in [6.45, 7) is 8.80. The summed E-state index contributed by atoms with van der Waals surface area (Å²) >= 11 is 0. The lowest BCUT2D eigenvalue weighted by molar-refractivity contribution is -0.140. The number of carbonyl (C=O) groups excluding carboxylic acids is 2. The van der Waals surface area contributed by atoms with Crippen LogP contribution in [-0.4, -0.2) is 33.3 Å². The van der Waals surface area contributed by atoms with Crippen molar-refractivity contribution in [2.24, 2.45) is 5.92 Å². The molecule has 1 aliphatic heterocycles. The Labute approximate surface area is 205 Å². The number of carbonyl (C=O) groups is 2. The third-order valence-corrected chi connectivity index (χ3v) is 6.03. The van der Waals surface area contributed by atoms with Crippen molar-refractivity contribution in [1.82, 2.24) is 9.88 Å². The van der Waals surface area contributed by atoms with Crippen LogP contribution >= 0.6 is 0 Å². The number of likely N-dealkylation sites (tertiary alicyclic amines) is 1. The fourth-order valence-corrected chi connectivity index (χ4v) is 4.20. The van der Waals surface area contributed by atoms with Gasteiger partial charge in [0.15, 0.2) is 0 Å². The van der Waals surface area contributed by atoms with Gasteiger partial charge in [-0.3, -0.25) is 14.6 Å². The maximum Gasteiger partial charge on any atom is 0.295 e.